The van der Waals surface area contributed by atoms with Gasteiger partial charge in [0.05, 0.1) is 11.5 Å². The lowest BCUT2D eigenvalue weighted by Gasteiger charge is -2.22. The Kier molecular flexibility index (Phi) is 6.08. The SMILES string of the molecule is CCOC(=O)CC(=O)N(c1ccccc1)c1ccc(Cl)cc1[N+](=O)[O-]. The third-order valence-electron chi connectivity index (χ3n) is 3.24. The van der Waals surface area contributed by atoms with Crippen molar-refractivity contribution in [2.24, 2.45) is 0 Å². The number of carbonyl (C=O) groups is 2. The predicted octanol–water partition coefficient (Wildman–Crippen LogP) is 3.87. The van der Waals surface area contributed by atoms with E-state index in [0.29, 0.717) is 5.69 Å². The Hall–Kier alpha value is -2.93. The van der Waals surface area contributed by atoms with E-state index in [0.717, 1.165) is 11.0 Å². The van der Waals surface area contributed by atoms with Crippen LogP contribution in [0.3, 0.4) is 0 Å². The van der Waals surface area contributed by atoms with Crippen LogP contribution in [-0.4, -0.2) is 23.4 Å². The molecule has 2 aromatic carbocycles. The molecular weight excluding hydrogens is 348 g/mol. The molecule has 1 amide bonds. The van der Waals surface area contributed by atoms with Crippen molar-refractivity contribution in [3.8, 4) is 0 Å². The van der Waals surface area contributed by atoms with Crippen LogP contribution in [0.5, 0.6) is 0 Å². The van der Waals surface area contributed by atoms with Crippen molar-refractivity contribution in [2.45, 2.75) is 13.3 Å². The summed E-state index contributed by atoms with van der Waals surface area (Å²) in [5.74, 6) is -1.35. The first-order valence-electron chi connectivity index (χ1n) is 7.41. The van der Waals surface area contributed by atoms with Gasteiger partial charge in [-0.1, -0.05) is 29.8 Å². The Bertz CT molecular complexity index is 795. The fourth-order valence-electron chi connectivity index (χ4n) is 2.24. The predicted molar refractivity (Wildman–Crippen MR) is 92.9 cm³/mol. The van der Waals surface area contributed by atoms with Crippen LogP contribution in [0.25, 0.3) is 0 Å². The smallest absolute Gasteiger partial charge is 0.315 e. The molecule has 0 atom stereocenters. The molecule has 0 N–H and O–H groups in total. The van der Waals surface area contributed by atoms with Gasteiger partial charge >= 0.3 is 5.97 Å². The van der Waals surface area contributed by atoms with Crippen molar-refractivity contribution in [1.82, 2.24) is 0 Å². The normalized spacial score (nSPS) is 10.2. The van der Waals surface area contributed by atoms with Crippen LogP contribution in [-0.2, 0) is 14.3 Å². The molecule has 0 aromatic heterocycles. The maximum absolute atomic E-state index is 12.7. The summed E-state index contributed by atoms with van der Waals surface area (Å²) >= 11 is 5.83. The lowest BCUT2D eigenvalue weighted by atomic mass is 10.2. The highest BCUT2D eigenvalue weighted by atomic mass is 35.5. The van der Waals surface area contributed by atoms with Crippen molar-refractivity contribution >= 4 is 40.5 Å². The Morgan fingerprint density at radius 3 is 2.48 bits per heavy atom. The molecule has 25 heavy (non-hydrogen) atoms. The number of ether oxygens (including phenoxy) is 1. The first-order chi connectivity index (χ1) is 11.9. The second-order valence-corrected chi connectivity index (χ2v) is 5.37. The fraction of sp³-hybridized carbons (Fsp3) is 0.176. The number of hydrogen-bond acceptors (Lipinski definition) is 5. The second kappa shape index (κ2) is 8.25. The van der Waals surface area contributed by atoms with Crippen LogP contribution in [0.15, 0.2) is 48.5 Å². The number of anilines is 2. The van der Waals surface area contributed by atoms with Crippen LogP contribution in [0.1, 0.15) is 13.3 Å². The number of benzene rings is 2. The minimum absolute atomic E-state index is 0.0231. The zero-order valence-electron chi connectivity index (χ0n) is 13.3. The third kappa shape index (κ3) is 4.54. The van der Waals surface area contributed by atoms with Crippen molar-refractivity contribution in [2.75, 3.05) is 11.5 Å². The molecule has 2 rings (SSSR count). The average Bonchev–Trinajstić information content (AvgIpc) is 2.57. The monoisotopic (exact) mass is 362 g/mol. The lowest BCUT2D eigenvalue weighted by Crippen LogP contribution is -2.29. The van der Waals surface area contributed by atoms with Gasteiger partial charge < -0.3 is 4.74 Å². The van der Waals surface area contributed by atoms with Crippen molar-refractivity contribution < 1.29 is 19.2 Å². The Morgan fingerprint density at radius 1 is 1.20 bits per heavy atom. The van der Waals surface area contributed by atoms with Crippen LogP contribution in [0, 0.1) is 10.1 Å². The molecule has 0 heterocycles. The summed E-state index contributed by atoms with van der Waals surface area (Å²) in [6, 6.07) is 12.3. The minimum Gasteiger partial charge on any atom is -0.466 e. The summed E-state index contributed by atoms with van der Waals surface area (Å²) < 4.78 is 4.79. The number of halogens is 1. The highest BCUT2D eigenvalue weighted by molar-refractivity contribution is 6.31. The third-order valence-corrected chi connectivity index (χ3v) is 3.47. The van der Waals surface area contributed by atoms with Crippen LogP contribution < -0.4 is 4.90 Å². The van der Waals surface area contributed by atoms with E-state index in [1.165, 1.54) is 12.1 Å². The first kappa shape index (κ1) is 18.4. The number of hydrogen-bond donors (Lipinski definition) is 0. The van der Waals surface area contributed by atoms with E-state index in [2.05, 4.69) is 0 Å². The second-order valence-electron chi connectivity index (χ2n) is 4.94. The van der Waals surface area contributed by atoms with Gasteiger partial charge in [0.15, 0.2) is 0 Å². The van der Waals surface area contributed by atoms with Gasteiger partial charge in [-0.3, -0.25) is 24.6 Å². The highest BCUT2D eigenvalue weighted by Crippen LogP contribution is 2.36. The molecule has 0 unspecified atom stereocenters. The number of amides is 1. The van der Waals surface area contributed by atoms with Crippen LogP contribution >= 0.6 is 11.6 Å². The molecular formula is C17H15ClN2O5. The number of nitro groups is 1. The standard InChI is InChI=1S/C17H15ClN2O5/c1-2-25-17(22)11-16(21)19(13-6-4-3-5-7-13)14-9-8-12(18)10-15(14)20(23)24/h3-10H,2,11H2,1H3. The number of nitrogens with zero attached hydrogens (tertiary/aromatic N) is 2. The molecule has 0 aliphatic carbocycles. The van der Waals surface area contributed by atoms with E-state index in [9.17, 15) is 19.7 Å². The Balaban J connectivity index is 2.52. The zero-order valence-corrected chi connectivity index (χ0v) is 14.1. The molecule has 0 aliphatic heterocycles. The van der Waals surface area contributed by atoms with E-state index in [-0.39, 0.29) is 23.0 Å². The van der Waals surface area contributed by atoms with E-state index in [1.54, 1.807) is 37.3 Å². The molecule has 2 aromatic rings. The minimum atomic E-state index is -0.704. The van der Waals surface area contributed by atoms with E-state index < -0.39 is 23.2 Å². The number of carbonyl (C=O) groups excluding carboxylic acids is 2. The topological polar surface area (TPSA) is 89.8 Å². The number of rotatable bonds is 6. The molecule has 0 spiro atoms. The van der Waals surface area contributed by atoms with Gasteiger partial charge in [-0.2, -0.15) is 0 Å². The number of para-hydroxylation sites is 1. The lowest BCUT2D eigenvalue weighted by molar-refractivity contribution is -0.384. The average molecular weight is 363 g/mol. The highest BCUT2D eigenvalue weighted by Gasteiger charge is 2.27. The van der Waals surface area contributed by atoms with Gasteiger partial charge in [-0.05, 0) is 31.2 Å². The molecule has 0 bridgehead atoms. The van der Waals surface area contributed by atoms with E-state index >= 15 is 0 Å². The van der Waals surface area contributed by atoms with Crippen molar-refractivity contribution in [3.05, 3.63) is 63.7 Å². The first-order valence-corrected chi connectivity index (χ1v) is 7.79. The van der Waals surface area contributed by atoms with Gasteiger partial charge in [0.25, 0.3) is 5.69 Å². The Morgan fingerprint density at radius 2 is 1.88 bits per heavy atom. The summed E-state index contributed by atoms with van der Waals surface area (Å²) in [6.45, 7) is 1.76. The molecule has 7 nitrogen and oxygen atoms in total. The zero-order chi connectivity index (χ0) is 18.4. The fourth-order valence-corrected chi connectivity index (χ4v) is 2.41. The summed E-state index contributed by atoms with van der Waals surface area (Å²) in [5, 5.41) is 11.5. The van der Waals surface area contributed by atoms with Crippen LogP contribution in [0.4, 0.5) is 17.1 Å². The maximum Gasteiger partial charge on any atom is 0.315 e. The maximum atomic E-state index is 12.7. The summed E-state index contributed by atoms with van der Waals surface area (Å²) in [7, 11) is 0. The van der Waals surface area contributed by atoms with E-state index in [1.807, 2.05) is 0 Å². The molecule has 0 fully saturated rings. The molecule has 0 saturated heterocycles. The number of nitro benzene ring substituents is 1. The van der Waals surface area contributed by atoms with Gasteiger partial charge in [0.2, 0.25) is 5.91 Å². The van der Waals surface area contributed by atoms with Gasteiger partial charge in [0.1, 0.15) is 12.1 Å². The summed E-state index contributed by atoms with van der Waals surface area (Å²) in [4.78, 5) is 36.2. The summed E-state index contributed by atoms with van der Waals surface area (Å²) in [5.41, 5.74) is 0.0747. The molecule has 0 saturated carbocycles. The van der Waals surface area contributed by atoms with Gasteiger partial charge in [0, 0.05) is 16.8 Å². The van der Waals surface area contributed by atoms with Gasteiger partial charge in [-0.25, -0.2) is 0 Å². The Labute approximate surface area is 148 Å². The molecule has 0 radical (unpaired) electrons. The molecule has 0 aliphatic rings. The van der Waals surface area contributed by atoms with Crippen molar-refractivity contribution in [3.63, 3.8) is 0 Å². The summed E-state index contributed by atoms with van der Waals surface area (Å²) in [6.07, 6.45) is -0.539. The van der Waals surface area contributed by atoms with Gasteiger partial charge in [-0.15, -0.1) is 0 Å². The quantitative estimate of drug-likeness (QED) is 0.337. The van der Waals surface area contributed by atoms with Crippen molar-refractivity contribution in [1.29, 1.82) is 0 Å². The van der Waals surface area contributed by atoms with Crippen LogP contribution in [0.2, 0.25) is 5.02 Å². The largest absolute Gasteiger partial charge is 0.466 e. The molecule has 130 valence electrons. The molecule has 8 heteroatoms. The number of esters is 1. The van der Waals surface area contributed by atoms with E-state index in [4.69, 9.17) is 16.3 Å².